The first-order valence-electron chi connectivity index (χ1n) is 8.87. The molecule has 10 heteroatoms. The lowest BCUT2D eigenvalue weighted by Gasteiger charge is -2.19. The molecule has 150 valence electrons. The summed E-state index contributed by atoms with van der Waals surface area (Å²) in [6.07, 6.45) is 1.42. The van der Waals surface area contributed by atoms with Crippen molar-refractivity contribution in [3.63, 3.8) is 0 Å². The van der Waals surface area contributed by atoms with Crippen LogP contribution in [0.5, 0.6) is 0 Å². The summed E-state index contributed by atoms with van der Waals surface area (Å²) < 4.78 is 1.80. The zero-order valence-corrected chi connectivity index (χ0v) is 17.1. The van der Waals surface area contributed by atoms with Gasteiger partial charge in [0.25, 0.3) is 5.91 Å². The first-order chi connectivity index (χ1) is 13.7. The summed E-state index contributed by atoms with van der Waals surface area (Å²) >= 11 is 6.67. The van der Waals surface area contributed by atoms with Crippen molar-refractivity contribution in [2.24, 2.45) is 0 Å². The number of aromatic amines is 1. The quantitative estimate of drug-likeness (QED) is 0.443. The Balaban J connectivity index is 1.97. The topological polar surface area (TPSA) is 124 Å². The maximum absolute atomic E-state index is 12.1. The molecule has 0 unspecified atom stereocenters. The van der Waals surface area contributed by atoms with Crippen molar-refractivity contribution < 1.29 is 9.63 Å². The largest absolute Gasteiger partial charge is 0.383 e. The minimum absolute atomic E-state index is 0.315. The number of nitrogen functional groups attached to an aromatic ring is 1. The number of aromatic nitrogens is 5. The monoisotopic (exact) mass is 413 g/mol. The summed E-state index contributed by atoms with van der Waals surface area (Å²) in [7, 11) is 1.38. The molecule has 3 heterocycles. The molecular weight excluding hydrogens is 394 g/mol. The van der Waals surface area contributed by atoms with Crippen LogP contribution in [0.4, 0.5) is 5.82 Å². The Labute approximate surface area is 171 Å². The van der Waals surface area contributed by atoms with Crippen molar-refractivity contribution in [2.75, 3.05) is 12.8 Å². The van der Waals surface area contributed by atoms with Crippen molar-refractivity contribution in [2.45, 2.75) is 26.3 Å². The third kappa shape index (κ3) is 3.08. The summed E-state index contributed by atoms with van der Waals surface area (Å²) in [6.45, 7) is 6.07. The molecule has 0 atom stereocenters. The standard InChI is InChI=1S/C19H20ClN7O2/c1-19(2,3)27-17-12(16(21)22-8-23-17)14(25-27)15-13(20)10-6-5-9(7-11(10)24-15)18(28)26-29-4/h5-8,24H,1-4H3,(H,26,28)(H2,21,22,23). The summed E-state index contributed by atoms with van der Waals surface area (Å²) in [5, 5.41) is 6.60. The highest BCUT2D eigenvalue weighted by molar-refractivity contribution is 6.38. The Morgan fingerprint density at radius 1 is 1.31 bits per heavy atom. The van der Waals surface area contributed by atoms with E-state index in [1.165, 1.54) is 13.4 Å². The van der Waals surface area contributed by atoms with Gasteiger partial charge in [0.2, 0.25) is 0 Å². The van der Waals surface area contributed by atoms with Gasteiger partial charge in [-0.25, -0.2) is 20.1 Å². The Kier molecular flexibility index (Phi) is 4.44. The van der Waals surface area contributed by atoms with E-state index >= 15 is 0 Å². The molecule has 0 fully saturated rings. The normalized spacial score (nSPS) is 12.0. The Morgan fingerprint density at radius 3 is 2.76 bits per heavy atom. The number of anilines is 1. The van der Waals surface area contributed by atoms with Crippen LogP contribution in [0, 0.1) is 0 Å². The molecule has 0 aliphatic carbocycles. The van der Waals surface area contributed by atoms with Gasteiger partial charge < -0.3 is 10.7 Å². The number of hydrogen-bond acceptors (Lipinski definition) is 6. The van der Waals surface area contributed by atoms with Gasteiger partial charge >= 0.3 is 0 Å². The van der Waals surface area contributed by atoms with Crippen LogP contribution < -0.4 is 11.2 Å². The zero-order valence-electron chi connectivity index (χ0n) is 16.4. The second kappa shape index (κ2) is 6.71. The van der Waals surface area contributed by atoms with Crippen molar-refractivity contribution >= 4 is 45.3 Å². The third-order valence-corrected chi connectivity index (χ3v) is 4.95. The molecule has 4 N–H and O–H groups in total. The SMILES string of the molecule is CONC(=O)c1ccc2c(Cl)c(-c3nn(C(C)(C)C)c4ncnc(N)c34)[nH]c2c1. The Bertz CT molecular complexity index is 1250. The molecule has 3 aromatic heterocycles. The fourth-order valence-corrected chi connectivity index (χ4v) is 3.54. The molecule has 0 aliphatic rings. The number of hydrogen-bond donors (Lipinski definition) is 3. The average molecular weight is 414 g/mol. The number of nitrogens with two attached hydrogens (primary N) is 1. The molecule has 29 heavy (non-hydrogen) atoms. The number of H-pyrrole nitrogens is 1. The highest BCUT2D eigenvalue weighted by Crippen LogP contribution is 2.39. The smallest absolute Gasteiger partial charge is 0.274 e. The molecule has 0 saturated heterocycles. The van der Waals surface area contributed by atoms with E-state index in [1.54, 1.807) is 22.9 Å². The van der Waals surface area contributed by atoms with E-state index in [4.69, 9.17) is 22.4 Å². The number of rotatable bonds is 3. The van der Waals surface area contributed by atoms with Gasteiger partial charge in [-0.05, 0) is 32.9 Å². The first-order valence-corrected chi connectivity index (χ1v) is 9.24. The average Bonchev–Trinajstić information content (AvgIpc) is 3.20. The predicted octanol–water partition coefficient (Wildman–Crippen LogP) is 3.26. The van der Waals surface area contributed by atoms with Crippen LogP contribution in [0.1, 0.15) is 31.1 Å². The van der Waals surface area contributed by atoms with Gasteiger partial charge in [-0.1, -0.05) is 17.7 Å². The van der Waals surface area contributed by atoms with E-state index in [-0.39, 0.29) is 11.4 Å². The number of hydroxylamine groups is 1. The van der Waals surface area contributed by atoms with E-state index in [0.717, 1.165) is 5.39 Å². The summed E-state index contributed by atoms with van der Waals surface area (Å²) in [5.41, 5.74) is 11.0. The number of nitrogens with zero attached hydrogens (tertiary/aromatic N) is 4. The van der Waals surface area contributed by atoms with Gasteiger partial charge in [-0.2, -0.15) is 5.10 Å². The third-order valence-electron chi connectivity index (χ3n) is 4.56. The Hall–Kier alpha value is -3.17. The van der Waals surface area contributed by atoms with E-state index < -0.39 is 0 Å². The minimum Gasteiger partial charge on any atom is -0.383 e. The molecule has 4 aromatic rings. The van der Waals surface area contributed by atoms with Crippen molar-refractivity contribution in [3.8, 4) is 11.4 Å². The molecule has 4 rings (SSSR count). The highest BCUT2D eigenvalue weighted by Gasteiger charge is 2.26. The van der Waals surface area contributed by atoms with E-state index in [1.807, 2.05) is 20.8 Å². The molecule has 0 saturated carbocycles. The van der Waals surface area contributed by atoms with Crippen LogP contribution in [0.2, 0.25) is 5.02 Å². The van der Waals surface area contributed by atoms with Gasteiger partial charge in [0.15, 0.2) is 5.65 Å². The van der Waals surface area contributed by atoms with Gasteiger partial charge in [0.1, 0.15) is 17.8 Å². The lowest BCUT2D eigenvalue weighted by Crippen LogP contribution is -2.23. The van der Waals surface area contributed by atoms with Crippen molar-refractivity contribution in [3.05, 3.63) is 35.1 Å². The Morgan fingerprint density at radius 2 is 2.07 bits per heavy atom. The van der Waals surface area contributed by atoms with Gasteiger partial charge in [-0.3, -0.25) is 9.63 Å². The highest BCUT2D eigenvalue weighted by atomic mass is 35.5. The second-order valence-corrected chi connectivity index (χ2v) is 7.98. The van der Waals surface area contributed by atoms with Crippen LogP contribution in [0.25, 0.3) is 33.3 Å². The summed E-state index contributed by atoms with van der Waals surface area (Å²) in [4.78, 5) is 28.5. The number of halogens is 1. The number of carbonyl (C=O) groups excluding carboxylic acids is 1. The van der Waals surface area contributed by atoms with Crippen molar-refractivity contribution in [1.29, 1.82) is 0 Å². The van der Waals surface area contributed by atoms with Gasteiger partial charge in [0, 0.05) is 16.5 Å². The van der Waals surface area contributed by atoms with Crippen LogP contribution in [-0.4, -0.2) is 37.7 Å². The fraction of sp³-hybridized carbons (Fsp3) is 0.263. The lowest BCUT2D eigenvalue weighted by atomic mass is 10.1. The number of benzene rings is 1. The molecule has 0 bridgehead atoms. The maximum atomic E-state index is 12.1. The number of amides is 1. The summed E-state index contributed by atoms with van der Waals surface area (Å²) in [6, 6.07) is 5.14. The fourth-order valence-electron chi connectivity index (χ4n) is 3.24. The van der Waals surface area contributed by atoms with Crippen LogP contribution in [0.15, 0.2) is 24.5 Å². The maximum Gasteiger partial charge on any atom is 0.274 e. The molecule has 9 nitrogen and oxygen atoms in total. The van der Waals surface area contributed by atoms with Crippen LogP contribution in [0.3, 0.4) is 0 Å². The predicted molar refractivity (Wildman–Crippen MR) is 112 cm³/mol. The number of carbonyl (C=O) groups is 1. The molecular formula is C19H20ClN7O2. The van der Waals surface area contributed by atoms with E-state index in [0.29, 0.717) is 44.3 Å². The molecule has 0 radical (unpaired) electrons. The summed E-state index contributed by atoms with van der Waals surface area (Å²) in [5.74, 6) is -0.0443. The number of fused-ring (bicyclic) bond motifs is 2. The number of nitrogens with one attached hydrogen (secondary N) is 2. The lowest BCUT2D eigenvalue weighted by molar-refractivity contribution is 0.0538. The van der Waals surface area contributed by atoms with Gasteiger partial charge in [0.05, 0.1) is 28.8 Å². The van der Waals surface area contributed by atoms with E-state index in [9.17, 15) is 4.79 Å². The van der Waals surface area contributed by atoms with Crippen LogP contribution in [-0.2, 0) is 10.4 Å². The molecule has 1 amide bonds. The van der Waals surface area contributed by atoms with Crippen LogP contribution >= 0.6 is 11.6 Å². The van der Waals surface area contributed by atoms with E-state index in [2.05, 4.69) is 25.3 Å². The minimum atomic E-state index is -0.359. The molecule has 1 aromatic carbocycles. The van der Waals surface area contributed by atoms with Gasteiger partial charge in [-0.15, -0.1) is 0 Å². The molecule has 0 aliphatic heterocycles. The zero-order chi connectivity index (χ0) is 20.9. The molecule has 0 spiro atoms. The first kappa shape index (κ1) is 19.2. The van der Waals surface area contributed by atoms with Crippen molar-refractivity contribution in [1.82, 2.24) is 30.2 Å². The second-order valence-electron chi connectivity index (χ2n) is 7.60.